The minimum absolute atomic E-state index is 0.0715. The molecule has 0 aromatic heterocycles. The van der Waals surface area contributed by atoms with E-state index < -0.39 is 5.91 Å². The normalized spacial score (nSPS) is 14.0. The highest BCUT2D eigenvalue weighted by Gasteiger charge is 2.28. The fourth-order valence-electron chi connectivity index (χ4n) is 3.37. The van der Waals surface area contributed by atoms with Gasteiger partial charge in [0.15, 0.2) is 0 Å². The van der Waals surface area contributed by atoms with E-state index in [-0.39, 0.29) is 23.6 Å². The van der Waals surface area contributed by atoms with Gasteiger partial charge in [-0.05, 0) is 37.1 Å². The van der Waals surface area contributed by atoms with Crippen molar-refractivity contribution in [1.82, 2.24) is 4.90 Å². The lowest BCUT2D eigenvalue weighted by atomic mass is 9.96. The number of carbonyl (C=O) groups is 3. The molecule has 0 aliphatic carbocycles. The molecule has 0 radical (unpaired) electrons. The third-order valence-electron chi connectivity index (χ3n) is 5.02. The Balaban J connectivity index is 1.53. The second-order valence-electron chi connectivity index (χ2n) is 7.13. The molecule has 8 nitrogen and oxygen atoms in total. The number of hydrogen-bond acceptors (Lipinski definition) is 5. The van der Waals surface area contributed by atoms with Crippen LogP contribution in [0.1, 0.15) is 12.8 Å². The van der Waals surface area contributed by atoms with E-state index >= 15 is 0 Å². The Morgan fingerprint density at radius 3 is 2.35 bits per heavy atom. The molecule has 2 aromatic rings. The molecule has 4 N–H and O–H groups in total. The second-order valence-corrected chi connectivity index (χ2v) is 8.15. The maximum absolute atomic E-state index is 12.7. The lowest BCUT2D eigenvalue weighted by Gasteiger charge is -2.31. The van der Waals surface area contributed by atoms with Crippen molar-refractivity contribution in [3.05, 3.63) is 48.5 Å². The van der Waals surface area contributed by atoms with Crippen molar-refractivity contribution < 1.29 is 19.1 Å². The van der Waals surface area contributed by atoms with Gasteiger partial charge in [0.1, 0.15) is 5.75 Å². The van der Waals surface area contributed by atoms with Crippen LogP contribution in [0.25, 0.3) is 0 Å². The first-order valence-corrected chi connectivity index (χ1v) is 11.0. The van der Waals surface area contributed by atoms with Crippen LogP contribution in [0.5, 0.6) is 5.75 Å². The predicted octanol–water partition coefficient (Wildman–Crippen LogP) is 3.16. The summed E-state index contributed by atoms with van der Waals surface area (Å²) in [6.45, 7) is 0.957. The molecule has 1 fully saturated rings. The van der Waals surface area contributed by atoms with Crippen molar-refractivity contribution in [3.63, 3.8) is 0 Å². The van der Waals surface area contributed by atoms with E-state index in [0.717, 1.165) is 4.90 Å². The first-order chi connectivity index (χ1) is 15.0. The summed E-state index contributed by atoms with van der Waals surface area (Å²) >= 11 is 1.28. The summed E-state index contributed by atoms with van der Waals surface area (Å²) in [5.74, 6) is 0.0878. The molecule has 0 unspecified atom stereocenters. The molecule has 0 saturated carbocycles. The number of primary amides is 1. The van der Waals surface area contributed by atoms with Crippen LogP contribution in [0.4, 0.5) is 16.2 Å². The standard InChI is InChI=1S/C22H26N4O4S/c1-30-18-8-4-2-6-16(18)24-21(28)15-10-12-26(13-11-15)22(29)25-17-7-3-5-9-19(17)31-14-20(23)27/h2-9,15H,10-14H2,1H3,(H2,23,27)(H,24,28)(H,25,29). The van der Waals surface area contributed by atoms with Gasteiger partial charge in [-0.15, -0.1) is 11.8 Å². The Labute approximate surface area is 185 Å². The number of urea groups is 1. The van der Waals surface area contributed by atoms with Crippen LogP contribution in [0, 0.1) is 5.92 Å². The molecule has 1 aliphatic rings. The number of amides is 4. The monoisotopic (exact) mass is 442 g/mol. The van der Waals surface area contributed by atoms with Gasteiger partial charge in [0.25, 0.3) is 0 Å². The summed E-state index contributed by atoms with van der Waals surface area (Å²) in [6.07, 6.45) is 1.15. The van der Waals surface area contributed by atoms with Crippen LogP contribution in [-0.4, -0.2) is 48.7 Å². The van der Waals surface area contributed by atoms with E-state index in [0.29, 0.717) is 43.1 Å². The molecule has 3 rings (SSSR count). The number of methoxy groups -OCH3 is 1. The number of para-hydroxylation sites is 3. The topological polar surface area (TPSA) is 114 Å². The Hall–Kier alpha value is -3.20. The van der Waals surface area contributed by atoms with Crippen LogP contribution in [0.3, 0.4) is 0 Å². The Kier molecular flexibility index (Phi) is 7.77. The van der Waals surface area contributed by atoms with Crippen LogP contribution in [0.2, 0.25) is 0 Å². The highest BCUT2D eigenvalue weighted by atomic mass is 32.2. The van der Waals surface area contributed by atoms with Gasteiger partial charge >= 0.3 is 6.03 Å². The third-order valence-corrected chi connectivity index (χ3v) is 6.11. The molecule has 2 aromatic carbocycles. The number of nitrogens with zero attached hydrogens (tertiary/aromatic N) is 1. The van der Waals surface area contributed by atoms with Gasteiger partial charge in [0.2, 0.25) is 11.8 Å². The van der Waals surface area contributed by atoms with Crippen molar-refractivity contribution in [2.75, 3.05) is 36.6 Å². The molecule has 9 heteroatoms. The summed E-state index contributed by atoms with van der Waals surface area (Å²) in [5.41, 5.74) is 6.49. The third kappa shape index (κ3) is 6.14. The summed E-state index contributed by atoms with van der Waals surface area (Å²) in [6, 6.07) is 14.3. The highest BCUT2D eigenvalue weighted by Crippen LogP contribution is 2.28. The van der Waals surface area contributed by atoms with Gasteiger partial charge < -0.3 is 26.0 Å². The van der Waals surface area contributed by atoms with Crippen molar-refractivity contribution in [2.45, 2.75) is 17.7 Å². The van der Waals surface area contributed by atoms with Crippen LogP contribution < -0.4 is 21.1 Å². The first kappa shape index (κ1) is 22.5. The molecule has 1 aliphatic heterocycles. The maximum atomic E-state index is 12.7. The summed E-state index contributed by atoms with van der Waals surface area (Å²) < 4.78 is 5.28. The number of thioether (sulfide) groups is 1. The zero-order valence-electron chi connectivity index (χ0n) is 17.3. The fraction of sp³-hybridized carbons (Fsp3) is 0.318. The average molecular weight is 443 g/mol. The number of likely N-dealkylation sites (tertiary alicyclic amines) is 1. The number of nitrogens with one attached hydrogen (secondary N) is 2. The van der Waals surface area contributed by atoms with Crippen molar-refractivity contribution in [2.24, 2.45) is 11.7 Å². The van der Waals surface area contributed by atoms with E-state index in [9.17, 15) is 14.4 Å². The van der Waals surface area contributed by atoms with Crippen molar-refractivity contribution in [1.29, 1.82) is 0 Å². The number of carbonyl (C=O) groups excluding carboxylic acids is 3. The summed E-state index contributed by atoms with van der Waals surface area (Å²) in [5, 5.41) is 5.82. The van der Waals surface area contributed by atoms with Gasteiger partial charge in [0, 0.05) is 23.9 Å². The van der Waals surface area contributed by atoms with Crippen LogP contribution in [0.15, 0.2) is 53.4 Å². The lowest BCUT2D eigenvalue weighted by molar-refractivity contribution is -0.121. The summed E-state index contributed by atoms with van der Waals surface area (Å²) in [7, 11) is 1.56. The number of ether oxygens (including phenoxy) is 1. The largest absolute Gasteiger partial charge is 0.495 e. The minimum Gasteiger partial charge on any atom is -0.495 e. The first-order valence-electron chi connectivity index (χ1n) is 9.98. The van der Waals surface area contributed by atoms with Gasteiger partial charge in [-0.3, -0.25) is 9.59 Å². The van der Waals surface area contributed by atoms with Gasteiger partial charge in [-0.25, -0.2) is 4.79 Å². The second kappa shape index (κ2) is 10.7. The smallest absolute Gasteiger partial charge is 0.321 e. The van der Waals surface area contributed by atoms with Gasteiger partial charge in [-0.2, -0.15) is 0 Å². The maximum Gasteiger partial charge on any atom is 0.321 e. The molecule has 0 spiro atoms. The minimum atomic E-state index is -0.417. The molecular weight excluding hydrogens is 416 g/mol. The van der Waals surface area contributed by atoms with Crippen LogP contribution >= 0.6 is 11.8 Å². The number of rotatable bonds is 7. The molecule has 31 heavy (non-hydrogen) atoms. The van der Waals surface area contributed by atoms with Gasteiger partial charge in [0.05, 0.1) is 24.2 Å². The van der Waals surface area contributed by atoms with Gasteiger partial charge in [-0.1, -0.05) is 24.3 Å². The summed E-state index contributed by atoms with van der Waals surface area (Å²) in [4.78, 5) is 38.9. The van der Waals surface area contributed by atoms with Crippen molar-refractivity contribution >= 4 is 41.0 Å². The average Bonchev–Trinajstić information content (AvgIpc) is 2.78. The zero-order chi connectivity index (χ0) is 22.2. The number of piperidine rings is 1. The van der Waals surface area contributed by atoms with E-state index in [1.54, 1.807) is 30.2 Å². The molecular formula is C22H26N4O4S. The Morgan fingerprint density at radius 2 is 1.68 bits per heavy atom. The lowest BCUT2D eigenvalue weighted by Crippen LogP contribution is -2.43. The van der Waals surface area contributed by atoms with E-state index in [2.05, 4.69) is 10.6 Å². The number of nitrogens with two attached hydrogens (primary N) is 1. The number of benzene rings is 2. The van der Waals surface area contributed by atoms with Crippen LogP contribution in [-0.2, 0) is 9.59 Å². The quantitative estimate of drug-likeness (QED) is 0.570. The molecule has 0 bridgehead atoms. The number of hydrogen-bond donors (Lipinski definition) is 3. The zero-order valence-corrected chi connectivity index (χ0v) is 18.1. The molecule has 1 heterocycles. The molecule has 164 valence electrons. The van der Waals surface area contributed by atoms with E-state index in [1.807, 2.05) is 30.3 Å². The van der Waals surface area contributed by atoms with E-state index in [1.165, 1.54) is 11.8 Å². The van der Waals surface area contributed by atoms with Crippen molar-refractivity contribution in [3.8, 4) is 5.75 Å². The Morgan fingerprint density at radius 1 is 1.03 bits per heavy atom. The molecule has 0 atom stereocenters. The molecule has 4 amide bonds. The Bertz CT molecular complexity index is 945. The van der Waals surface area contributed by atoms with E-state index in [4.69, 9.17) is 10.5 Å². The highest BCUT2D eigenvalue weighted by molar-refractivity contribution is 8.00. The predicted molar refractivity (Wildman–Crippen MR) is 121 cm³/mol. The molecule has 1 saturated heterocycles. The SMILES string of the molecule is COc1ccccc1NC(=O)C1CCN(C(=O)Nc2ccccc2SCC(N)=O)CC1. The number of anilines is 2. The fourth-order valence-corrected chi connectivity index (χ4v) is 4.11.